The van der Waals surface area contributed by atoms with Gasteiger partial charge in [-0.15, -0.1) is 0 Å². The molecular formula is C12H15ClFNO. The van der Waals surface area contributed by atoms with Crippen LogP contribution in [-0.2, 0) is 11.2 Å². The quantitative estimate of drug-likeness (QED) is 0.884. The molecule has 4 heteroatoms. The highest BCUT2D eigenvalue weighted by molar-refractivity contribution is 6.31. The van der Waals surface area contributed by atoms with Crippen molar-refractivity contribution in [2.75, 3.05) is 0 Å². The van der Waals surface area contributed by atoms with Crippen LogP contribution in [0.25, 0.3) is 0 Å². The predicted molar refractivity (Wildman–Crippen MR) is 63.0 cm³/mol. The van der Waals surface area contributed by atoms with Gasteiger partial charge in [-0.05, 0) is 25.5 Å². The van der Waals surface area contributed by atoms with Gasteiger partial charge >= 0.3 is 0 Å². The van der Waals surface area contributed by atoms with Crippen LogP contribution in [0.1, 0.15) is 25.8 Å². The van der Waals surface area contributed by atoms with Gasteiger partial charge in [0.2, 0.25) is 0 Å². The molecule has 0 aliphatic heterocycles. The largest absolute Gasteiger partial charge is 0.325 e. The van der Waals surface area contributed by atoms with Crippen LogP contribution in [0.4, 0.5) is 4.39 Å². The molecule has 88 valence electrons. The van der Waals surface area contributed by atoms with E-state index in [1.807, 2.05) is 0 Å². The van der Waals surface area contributed by atoms with Gasteiger partial charge in [0.15, 0.2) is 0 Å². The van der Waals surface area contributed by atoms with E-state index in [1.54, 1.807) is 19.9 Å². The molecule has 1 rings (SSSR count). The molecule has 0 amide bonds. The fourth-order valence-corrected chi connectivity index (χ4v) is 1.66. The zero-order chi connectivity index (χ0) is 12.3. The van der Waals surface area contributed by atoms with Crippen LogP contribution in [0, 0.1) is 5.82 Å². The fourth-order valence-electron chi connectivity index (χ4n) is 1.47. The monoisotopic (exact) mass is 243 g/mol. The lowest BCUT2D eigenvalue weighted by atomic mass is 9.95. The van der Waals surface area contributed by atoms with E-state index in [4.69, 9.17) is 17.3 Å². The number of ketones is 1. The summed E-state index contributed by atoms with van der Waals surface area (Å²) in [5, 5.41) is 0.0191. The van der Waals surface area contributed by atoms with Gasteiger partial charge in [0.25, 0.3) is 0 Å². The molecule has 2 N–H and O–H groups in total. The molecule has 0 aromatic heterocycles. The van der Waals surface area contributed by atoms with Crippen LogP contribution < -0.4 is 5.73 Å². The standard InChI is InChI=1S/C12H15ClFNO/c1-12(2,15)7-9(16)6-8-4-3-5-10(14)11(8)13/h3-5H,6-7,15H2,1-2H3. The first-order valence-electron chi connectivity index (χ1n) is 5.03. The maximum atomic E-state index is 13.1. The van der Waals surface area contributed by atoms with Crippen molar-refractivity contribution in [2.45, 2.75) is 32.2 Å². The number of Topliss-reactive ketones (excluding diaryl/α,β-unsaturated/α-hetero) is 1. The van der Waals surface area contributed by atoms with Gasteiger partial charge < -0.3 is 5.73 Å². The summed E-state index contributed by atoms with van der Waals surface area (Å²) in [6, 6.07) is 4.45. The molecule has 0 aliphatic carbocycles. The predicted octanol–water partition coefficient (Wildman–Crippen LogP) is 2.72. The van der Waals surface area contributed by atoms with Crippen LogP contribution >= 0.6 is 11.6 Å². The first-order valence-corrected chi connectivity index (χ1v) is 5.41. The van der Waals surface area contributed by atoms with Crippen molar-refractivity contribution in [1.82, 2.24) is 0 Å². The van der Waals surface area contributed by atoms with Crippen molar-refractivity contribution in [3.8, 4) is 0 Å². The molecule has 0 saturated heterocycles. The van der Waals surface area contributed by atoms with Crippen molar-refractivity contribution >= 4 is 17.4 Å². The van der Waals surface area contributed by atoms with E-state index in [-0.39, 0.29) is 23.6 Å². The van der Waals surface area contributed by atoms with Crippen LogP contribution in [0.2, 0.25) is 5.02 Å². The maximum Gasteiger partial charge on any atom is 0.142 e. The molecule has 0 spiro atoms. The second-order valence-corrected chi connectivity index (χ2v) is 4.97. The van der Waals surface area contributed by atoms with Crippen molar-refractivity contribution in [2.24, 2.45) is 5.73 Å². The third kappa shape index (κ3) is 3.91. The minimum absolute atomic E-state index is 0.0191. The fraction of sp³-hybridized carbons (Fsp3) is 0.417. The van der Waals surface area contributed by atoms with Crippen molar-refractivity contribution in [3.63, 3.8) is 0 Å². The summed E-state index contributed by atoms with van der Waals surface area (Å²) < 4.78 is 13.1. The van der Waals surface area contributed by atoms with E-state index in [2.05, 4.69) is 0 Å². The van der Waals surface area contributed by atoms with E-state index in [9.17, 15) is 9.18 Å². The average Bonchev–Trinajstić information content (AvgIpc) is 2.09. The highest BCUT2D eigenvalue weighted by Gasteiger charge is 2.18. The zero-order valence-electron chi connectivity index (χ0n) is 9.39. The molecule has 1 aromatic carbocycles. The molecule has 0 heterocycles. The Hall–Kier alpha value is -0.930. The summed E-state index contributed by atoms with van der Waals surface area (Å²) >= 11 is 5.75. The number of halogens is 2. The van der Waals surface area contributed by atoms with Gasteiger partial charge in [-0.25, -0.2) is 4.39 Å². The van der Waals surface area contributed by atoms with Gasteiger partial charge in [0, 0.05) is 18.4 Å². The van der Waals surface area contributed by atoms with Crippen LogP contribution in [0.5, 0.6) is 0 Å². The van der Waals surface area contributed by atoms with E-state index in [0.29, 0.717) is 5.56 Å². The smallest absolute Gasteiger partial charge is 0.142 e. The highest BCUT2D eigenvalue weighted by atomic mass is 35.5. The van der Waals surface area contributed by atoms with Crippen LogP contribution in [0.3, 0.4) is 0 Å². The Morgan fingerprint density at radius 3 is 2.69 bits per heavy atom. The van der Waals surface area contributed by atoms with E-state index in [1.165, 1.54) is 12.1 Å². The average molecular weight is 244 g/mol. The molecule has 0 radical (unpaired) electrons. The second kappa shape index (κ2) is 4.93. The Bertz CT molecular complexity index is 398. The molecule has 16 heavy (non-hydrogen) atoms. The second-order valence-electron chi connectivity index (χ2n) is 4.59. The van der Waals surface area contributed by atoms with Gasteiger partial charge in [0.05, 0.1) is 5.02 Å². The minimum Gasteiger partial charge on any atom is -0.325 e. The maximum absolute atomic E-state index is 13.1. The normalized spacial score (nSPS) is 11.6. The summed E-state index contributed by atoms with van der Waals surface area (Å²) in [6.07, 6.45) is 0.372. The SMILES string of the molecule is CC(C)(N)CC(=O)Cc1cccc(F)c1Cl. The van der Waals surface area contributed by atoms with Crippen molar-refractivity contribution in [3.05, 3.63) is 34.6 Å². The third-order valence-corrected chi connectivity index (χ3v) is 2.50. The van der Waals surface area contributed by atoms with Gasteiger partial charge in [0.1, 0.15) is 11.6 Å². The van der Waals surface area contributed by atoms with E-state index < -0.39 is 11.4 Å². The molecule has 2 nitrogen and oxygen atoms in total. The topological polar surface area (TPSA) is 43.1 Å². The van der Waals surface area contributed by atoms with Gasteiger partial charge in [-0.1, -0.05) is 23.7 Å². The first-order chi connectivity index (χ1) is 7.29. The molecule has 0 bridgehead atoms. The van der Waals surface area contributed by atoms with Crippen LogP contribution in [-0.4, -0.2) is 11.3 Å². The number of nitrogens with two attached hydrogens (primary N) is 1. The van der Waals surface area contributed by atoms with E-state index in [0.717, 1.165) is 0 Å². The first kappa shape index (κ1) is 13.1. The number of carbonyl (C=O) groups is 1. The van der Waals surface area contributed by atoms with Crippen LogP contribution in [0.15, 0.2) is 18.2 Å². The zero-order valence-corrected chi connectivity index (χ0v) is 10.1. The molecule has 0 unspecified atom stereocenters. The summed E-state index contributed by atoms with van der Waals surface area (Å²) in [5.41, 5.74) is 5.70. The summed E-state index contributed by atoms with van der Waals surface area (Å²) in [5.74, 6) is -0.543. The molecule has 0 saturated carbocycles. The lowest BCUT2D eigenvalue weighted by Gasteiger charge is -2.17. The summed E-state index contributed by atoms with van der Waals surface area (Å²) in [7, 11) is 0. The van der Waals surface area contributed by atoms with Crippen molar-refractivity contribution in [1.29, 1.82) is 0 Å². The molecule has 0 atom stereocenters. The molecule has 1 aromatic rings. The lowest BCUT2D eigenvalue weighted by molar-refractivity contribution is -0.119. The van der Waals surface area contributed by atoms with Gasteiger partial charge in [-0.3, -0.25) is 4.79 Å². The Balaban J connectivity index is 2.74. The van der Waals surface area contributed by atoms with Crippen molar-refractivity contribution < 1.29 is 9.18 Å². The Morgan fingerprint density at radius 1 is 1.50 bits per heavy atom. The molecule has 0 aliphatic rings. The van der Waals surface area contributed by atoms with E-state index >= 15 is 0 Å². The Kier molecular flexibility index (Phi) is 4.05. The number of hydrogen-bond acceptors (Lipinski definition) is 2. The number of hydrogen-bond donors (Lipinski definition) is 1. The lowest BCUT2D eigenvalue weighted by Crippen LogP contribution is -2.35. The highest BCUT2D eigenvalue weighted by Crippen LogP contribution is 2.21. The minimum atomic E-state index is -0.545. The Labute approximate surface area is 99.6 Å². The molecule has 0 fully saturated rings. The van der Waals surface area contributed by atoms with Gasteiger partial charge in [-0.2, -0.15) is 0 Å². The third-order valence-electron chi connectivity index (χ3n) is 2.07. The summed E-state index contributed by atoms with van der Waals surface area (Å²) in [4.78, 5) is 11.6. The Morgan fingerprint density at radius 2 is 2.12 bits per heavy atom. The summed E-state index contributed by atoms with van der Waals surface area (Å²) in [6.45, 7) is 3.55. The number of carbonyl (C=O) groups excluding carboxylic acids is 1. The number of rotatable bonds is 4. The number of benzene rings is 1. The molecular weight excluding hydrogens is 229 g/mol.